The van der Waals surface area contributed by atoms with E-state index in [0.717, 1.165) is 13.0 Å². The number of hydrogen-bond donors (Lipinski definition) is 0. The zero-order valence-corrected chi connectivity index (χ0v) is 15.4. The van der Waals surface area contributed by atoms with E-state index in [1.807, 2.05) is 11.8 Å². The standard InChI is InChI=1S/C19H25N3S/c1-6-11-22-16-9-7-14(20(2)3)12-18(16)23-19-13-15(21(4)5)8-10-17(19)22/h7-10,12-13H,6,11H2,1-5H3. The summed E-state index contributed by atoms with van der Waals surface area (Å²) in [7, 11) is 8.38. The Morgan fingerprint density at radius 3 is 1.70 bits per heavy atom. The highest BCUT2D eigenvalue weighted by molar-refractivity contribution is 7.99. The molecule has 0 fully saturated rings. The third kappa shape index (κ3) is 3.00. The summed E-state index contributed by atoms with van der Waals surface area (Å²) in [6.45, 7) is 3.28. The van der Waals surface area contributed by atoms with Crippen molar-refractivity contribution in [3.63, 3.8) is 0 Å². The van der Waals surface area contributed by atoms with Gasteiger partial charge in [0.2, 0.25) is 0 Å². The van der Waals surface area contributed by atoms with Crippen molar-refractivity contribution in [3.8, 4) is 0 Å². The van der Waals surface area contributed by atoms with Crippen LogP contribution < -0.4 is 14.7 Å². The third-order valence-electron chi connectivity index (χ3n) is 4.17. The Bertz CT molecular complexity index is 652. The summed E-state index contributed by atoms with van der Waals surface area (Å²) in [6.07, 6.45) is 1.13. The Hall–Kier alpha value is -1.81. The van der Waals surface area contributed by atoms with Crippen LogP contribution in [0.5, 0.6) is 0 Å². The van der Waals surface area contributed by atoms with Crippen LogP contribution in [0.25, 0.3) is 0 Å². The van der Waals surface area contributed by atoms with Crippen LogP contribution in [0.3, 0.4) is 0 Å². The molecule has 2 aromatic carbocycles. The van der Waals surface area contributed by atoms with Gasteiger partial charge in [0, 0.05) is 55.9 Å². The molecular weight excluding hydrogens is 302 g/mol. The molecule has 122 valence electrons. The van der Waals surface area contributed by atoms with Crippen molar-refractivity contribution in [2.75, 3.05) is 49.4 Å². The SMILES string of the molecule is CCCN1c2ccc(N(C)C)cc2Sc2cc(N(C)C)ccc21. The molecule has 2 aromatic rings. The molecule has 0 saturated heterocycles. The van der Waals surface area contributed by atoms with E-state index in [1.54, 1.807) is 0 Å². The van der Waals surface area contributed by atoms with Crippen LogP contribution in [0.2, 0.25) is 0 Å². The second kappa shape index (κ2) is 6.36. The molecule has 0 spiro atoms. The lowest BCUT2D eigenvalue weighted by molar-refractivity contribution is 0.865. The summed E-state index contributed by atoms with van der Waals surface area (Å²) in [5, 5.41) is 0. The lowest BCUT2D eigenvalue weighted by atomic mass is 10.2. The maximum absolute atomic E-state index is 2.46. The molecule has 1 aliphatic heterocycles. The minimum absolute atomic E-state index is 1.04. The van der Waals surface area contributed by atoms with Crippen molar-refractivity contribution < 1.29 is 0 Å². The fourth-order valence-electron chi connectivity index (χ4n) is 2.88. The zero-order valence-electron chi connectivity index (χ0n) is 14.6. The van der Waals surface area contributed by atoms with Gasteiger partial charge in [-0.25, -0.2) is 0 Å². The second-order valence-corrected chi connectivity index (χ2v) is 7.43. The van der Waals surface area contributed by atoms with E-state index in [-0.39, 0.29) is 0 Å². The van der Waals surface area contributed by atoms with Gasteiger partial charge in [0.05, 0.1) is 11.4 Å². The fraction of sp³-hybridized carbons (Fsp3) is 0.368. The number of benzene rings is 2. The first-order valence-electron chi connectivity index (χ1n) is 8.09. The molecule has 4 heteroatoms. The van der Waals surface area contributed by atoms with Crippen LogP contribution in [0.1, 0.15) is 13.3 Å². The van der Waals surface area contributed by atoms with Crippen molar-refractivity contribution in [1.29, 1.82) is 0 Å². The summed E-state index contributed by atoms with van der Waals surface area (Å²) in [5.74, 6) is 0. The molecule has 0 bridgehead atoms. The van der Waals surface area contributed by atoms with Crippen molar-refractivity contribution >= 4 is 34.5 Å². The average molecular weight is 327 g/mol. The largest absolute Gasteiger partial charge is 0.378 e. The normalized spacial score (nSPS) is 12.7. The molecule has 0 saturated carbocycles. The van der Waals surface area contributed by atoms with E-state index in [0.29, 0.717) is 0 Å². The molecule has 0 aliphatic carbocycles. The van der Waals surface area contributed by atoms with Gasteiger partial charge in [0.15, 0.2) is 0 Å². The summed E-state index contributed by atoms with van der Waals surface area (Å²) in [6, 6.07) is 13.5. The number of anilines is 4. The van der Waals surface area contributed by atoms with Gasteiger partial charge < -0.3 is 14.7 Å². The molecular formula is C19H25N3S. The zero-order chi connectivity index (χ0) is 16.6. The van der Waals surface area contributed by atoms with Gasteiger partial charge in [-0.1, -0.05) is 18.7 Å². The molecule has 0 aromatic heterocycles. The van der Waals surface area contributed by atoms with Gasteiger partial charge in [-0.15, -0.1) is 0 Å². The second-order valence-electron chi connectivity index (χ2n) is 6.35. The maximum Gasteiger partial charge on any atom is 0.0554 e. The highest BCUT2D eigenvalue weighted by Gasteiger charge is 2.23. The van der Waals surface area contributed by atoms with Gasteiger partial charge in [0.1, 0.15) is 0 Å². The summed E-state index contributed by atoms with van der Waals surface area (Å²) in [4.78, 5) is 9.47. The molecule has 3 nitrogen and oxygen atoms in total. The average Bonchev–Trinajstić information content (AvgIpc) is 2.53. The quantitative estimate of drug-likeness (QED) is 0.795. The van der Waals surface area contributed by atoms with Crippen molar-refractivity contribution in [3.05, 3.63) is 36.4 Å². The highest BCUT2D eigenvalue weighted by Crippen LogP contribution is 2.50. The highest BCUT2D eigenvalue weighted by atomic mass is 32.2. The molecule has 0 atom stereocenters. The first-order chi connectivity index (χ1) is 11.0. The minimum Gasteiger partial charge on any atom is -0.378 e. The lowest BCUT2D eigenvalue weighted by Gasteiger charge is -2.34. The number of fused-ring (bicyclic) bond motifs is 2. The third-order valence-corrected chi connectivity index (χ3v) is 5.26. The first-order valence-corrected chi connectivity index (χ1v) is 8.91. The Morgan fingerprint density at radius 1 is 0.826 bits per heavy atom. The van der Waals surface area contributed by atoms with Crippen LogP contribution in [0.4, 0.5) is 22.7 Å². The predicted octanol–water partition coefficient (Wildman–Crippen LogP) is 4.83. The summed E-state index contributed by atoms with van der Waals surface area (Å²) in [5.41, 5.74) is 5.15. The molecule has 0 radical (unpaired) electrons. The van der Waals surface area contributed by atoms with Crippen LogP contribution in [-0.2, 0) is 0 Å². The predicted molar refractivity (Wildman–Crippen MR) is 103 cm³/mol. The van der Waals surface area contributed by atoms with Gasteiger partial charge in [-0.2, -0.15) is 0 Å². The molecule has 1 aliphatic rings. The van der Waals surface area contributed by atoms with E-state index < -0.39 is 0 Å². The number of hydrogen-bond acceptors (Lipinski definition) is 4. The Balaban J connectivity index is 2.09. The summed E-state index contributed by atoms with van der Waals surface area (Å²) >= 11 is 1.88. The van der Waals surface area contributed by atoms with E-state index in [2.05, 4.69) is 86.2 Å². The molecule has 0 amide bonds. The Morgan fingerprint density at radius 2 is 1.30 bits per heavy atom. The number of rotatable bonds is 4. The summed E-state index contributed by atoms with van der Waals surface area (Å²) < 4.78 is 0. The van der Waals surface area contributed by atoms with Crippen molar-refractivity contribution in [2.45, 2.75) is 23.1 Å². The fourth-order valence-corrected chi connectivity index (χ4v) is 4.05. The van der Waals surface area contributed by atoms with Gasteiger partial charge in [-0.05, 0) is 42.8 Å². The Labute approximate surface area is 143 Å². The van der Waals surface area contributed by atoms with E-state index >= 15 is 0 Å². The van der Waals surface area contributed by atoms with Crippen molar-refractivity contribution in [1.82, 2.24) is 0 Å². The Kier molecular flexibility index (Phi) is 4.44. The van der Waals surface area contributed by atoms with E-state index in [4.69, 9.17) is 0 Å². The number of nitrogens with zero attached hydrogens (tertiary/aromatic N) is 3. The minimum atomic E-state index is 1.04. The lowest BCUT2D eigenvalue weighted by Crippen LogP contribution is -2.22. The topological polar surface area (TPSA) is 9.72 Å². The first kappa shape index (κ1) is 16.1. The van der Waals surface area contributed by atoms with Crippen LogP contribution in [0.15, 0.2) is 46.2 Å². The molecule has 1 heterocycles. The van der Waals surface area contributed by atoms with Gasteiger partial charge >= 0.3 is 0 Å². The van der Waals surface area contributed by atoms with Crippen LogP contribution in [0, 0.1) is 0 Å². The molecule has 0 unspecified atom stereocenters. The van der Waals surface area contributed by atoms with Gasteiger partial charge in [-0.3, -0.25) is 0 Å². The van der Waals surface area contributed by atoms with E-state index in [1.165, 1.54) is 32.5 Å². The smallest absolute Gasteiger partial charge is 0.0554 e. The van der Waals surface area contributed by atoms with Crippen LogP contribution in [-0.4, -0.2) is 34.7 Å². The van der Waals surface area contributed by atoms with Gasteiger partial charge in [0.25, 0.3) is 0 Å². The van der Waals surface area contributed by atoms with E-state index in [9.17, 15) is 0 Å². The molecule has 23 heavy (non-hydrogen) atoms. The molecule has 3 rings (SSSR count). The monoisotopic (exact) mass is 327 g/mol. The molecule has 0 N–H and O–H groups in total. The maximum atomic E-state index is 2.46. The van der Waals surface area contributed by atoms with Crippen LogP contribution >= 0.6 is 11.8 Å². The van der Waals surface area contributed by atoms with Crippen molar-refractivity contribution in [2.24, 2.45) is 0 Å².